The van der Waals surface area contributed by atoms with Gasteiger partial charge in [-0.05, 0) is 29.8 Å². The molecule has 0 aliphatic heterocycles. The van der Waals surface area contributed by atoms with Crippen LogP contribution >= 0.6 is 0 Å². The Morgan fingerprint density at radius 1 is 1.11 bits per heavy atom. The van der Waals surface area contributed by atoms with Crippen molar-refractivity contribution in [2.75, 3.05) is 0 Å². The number of fused-ring (bicyclic) bond motifs is 1. The summed E-state index contributed by atoms with van der Waals surface area (Å²) in [7, 11) is 0. The van der Waals surface area contributed by atoms with Gasteiger partial charge in [-0.1, -0.05) is 29.4 Å². The van der Waals surface area contributed by atoms with Gasteiger partial charge >= 0.3 is 0 Å². The average molecular weight is 236 g/mol. The maximum absolute atomic E-state index is 8.41. The van der Waals surface area contributed by atoms with E-state index in [-0.39, 0.29) is 0 Å². The summed E-state index contributed by atoms with van der Waals surface area (Å²) in [5.74, 6) is 0.520. The van der Waals surface area contributed by atoms with Gasteiger partial charge in [0.05, 0.1) is 0 Å². The van der Waals surface area contributed by atoms with Gasteiger partial charge in [-0.15, -0.1) is 0 Å². The molecule has 0 saturated heterocycles. The fourth-order valence-electron chi connectivity index (χ4n) is 1.75. The highest BCUT2D eigenvalue weighted by Gasteiger charge is 2.07. The predicted molar refractivity (Wildman–Crippen MR) is 68.3 cm³/mol. The topological polar surface area (TPSA) is 74.8 Å². The SMILES string of the molecule is [N-]=[N+]=Nc1cccc(-c2nc3ccccc3o2)c1. The zero-order valence-electron chi connectivity index (χ0n) is 9.32. The number of azide groups is 1. The van der Waals surface area contributed by atoms with E-state index in [9.17, 15) is 0 Å². The minimum Gasteiger partial charge on any atom is -0.436 e. The van der Waals surface area contributed by atoms with Crippen LogP contribution in [0, 0.1) is 0 Å². The highest BCUT2D eigenvalue weighted by molar-refractivity contribution is 5.76. The minimum atomic E-state index is 0.520. The van der Waals surface area contributed by atoms with Crippen LogP contribution < -0.4 is 0 Å². The molecular formula is C13H8N4O. The van der Waals surface area contributed by atoms with Gasteiger partial charge in [0.15, 0.2) is 5.58 Å². The van der Waals surface area contributed by atoms with Gasteiger partial charge in [-0.25, -0.2) is 4.98 Å². The van der Waals surface area contributed by atoms with Crippen molar-refractivity contribution in [2.45, 2.75) is 0 Å². The smallest absolute Gasteiger partial charge is 0.227 e. The second-order valence-corrected chi connectivity index (χ2v) is 3.73. The van der Waals surface area contributed by atoms with Gasteiger partial charge in [0.25, 0.3) is 0 Å². The van der Waals surface area contributed by atoms with Crippen LogP contribution in [0.3, 0.4) is 0 Å². The van der Waals surface area contributed by atoms with Crippen LogP contribution in [0.1, 0.15) is 0 Å². The van der Waals surface area contributed by atoms with Crippen LogP contribution in [0.25, 0.3) is 33.0 Å². The molecule has 18 heavy (non-hydrogen) atoms. The second-order valence-electron chi connectivity index (χ2n) is 3.73. The Labute approximate surface area is 102 Å². The summed E-state index contributed by atoms with van der Waals surface area (Å²) < 4.78 is 5.64. The first kappa shape index (κ1) is 10.4. The maximum atomic E-state index is 8.41. The van der Waals surface area contributed by atoms with Crippen LogP contribution in [0.4, 0.5) is 5.69 Å². The molecular weight excluding hydrogens is 228 g/mol. The van der Waals surface area contributed by atoms with E-state index in [1.807, 2.05) is 30.3 Å². The summed E-state index contributed by atoms with van der Waals surface area (Å²) in [6.45, 7) is 0. The minimum absolute atomic E-state index is 0.520. The Morgan fingerprint density at radius 2 is 2.00 bits per heavy atom. The summed E-state index contributed by atoms with van der Waals surface area (Å²) in [6, 6.07) is 14.7. The molecule has 1 heterocycles. The molecule has 0 spiro atoms. The lowest BCUT2D eigenvalue weighted by Crippen LogP contribution is -1.75. The summed E-state index contributed by atoms with van der Waals surface area (Å²) in [6.07, 6.45) is 0. The van der Waals surface area contributed by atoms with E-state index in [2.05, 4.69) is 15.0 Å². The van der Waals surface area contributed by atoms with Gasteiger partial charge in [-0.3, -0.25) is 0 Å². The first-order valence-electron chi connectivity index (χ1n) is 5.38. The summed E-state index contributed by atoms with van der Waals surface area (Å²) in [4.78, 5) is 7.14. The molecule has 0 unspecified atom stereocenters. The first-order valence-corrected chi connectivity index (χ1v) is 5.38. The molecule has 5 heteroatoms. The molecule has 1 aromatic heterocycles. The van der Waals surface area contributed by atoms with Crippen LogP contribution in [0.2, 0.25) is 0 Å². The normalized spacial score (nSPS) is 10.2. The van der Waals surface area contributed by atoms with E-state index in [4.69, 9.17) is 9.95 Å². The first-order chi connectivity index (χ1) is 8.86. The molecule has 0 bridgehead atoms. The van der Waals surface area contributed by atoms with Gasteiger partial charge in [0, 0.05) is 16.2 Å². The maximum Gasteiger partial charge on any atom is 0.227 e. The van der Waals surface area contributed by atoms with Crippen molar-refractivity contribution in [3.63, 3.8) is 0 Å². The highest BCUT2D eigenvalue weighted by atomic mass is 16.3. The van der Waals surface area contributed by atoms with Gasteiger partial charge in [0.2, 0.25) is 5.89 Å². The van der Waals surface area contributed by atoms with Crippen molar-refractivity contribution in [3.8, 4) is 11.5 Å². The highest BCUT2D eigenvalue weighted by Crippen LogP contribution is 2.26. The third-order valence-electron chi connectivity index (χ3n) is 2.55. The number of para-hydroxylation sites is 2. The number of rotatable bonds is 2. The summed E-state index contributed by atoms with van der Waals surface area (Å²) >= 11 is 0. The lowest BCUT2D eigenvalue weighted by Gasteiger charge is -1.95. The van der Waals surface area contributed by atoms with Crippen LogP contribution in [0.5, 0.6) is 0 Å². The molecule has 0 saturated carbocycles. The van der Waals surface area contributed by atoms with E-state index in [0.717, 1.165) is 16.7 Å². The Morgan fingerprint density at radius 3 is 2.83 bits per heavy atom. The van der Waals surface area contributed by atoms with Crippen LogP contribution in [-0.4, -0.2) is 4.98 Å². The molecule has 2 aromatic carbocycles. The average Bonchev–Trinajstić information content (AvgIpc) is 2.83. The number of hydrogen-bond acceptors (Lipinski definition) is 3. The fourth-order valence-corrected chi connectivity index (χ4v) is 1.75. The molecule has 0 atom stereocenters. The molecule has 0 N–H and O–H groups in total. The standard InChI is InChI=1S/C13H8N4O/c14-17-16-10-5-3-4-9(8-10)13-15-11-6-1-2-7-12(11)18-13/h1-8H. The summed E-state index contributed by atoms with van der Waals surface area (Å²) in [5.41, 5.74) is 11.3. The van der Waals surface area contributed by atoms with Gasteiger partial charge in [-0.2, -0.15) is 0 Å². The Kier molecular flexibility index (Phi) is 2.44. The van der Waals surface area contributed by atoms with Crippen molar-refractivity contribution < 1.29 is 4.42 Å². The molecule has 0 radical (unpaired) electrons. The molecule has 86 valence electrons. The molecule has 0 aliphatic carbocycles. The van der Waals surface area contributed by atoms with Gasteiger partial charge in [0.1, 0.15) is 5.52 Å². The van der Waals surface area contributed by atoms with E-state index in [1.54, 1.807) is 18.2 Å². The number of hydrogen-bond donors (Lipinski definition) is 0. The van der Waals surface area contributed by atoms with Crippen LogP contribution in [0.15, 0.2) is 58.1 Å². The molecule has 0 fully saturated rings. The Hall–Kier alpha value is -2.78. The van der Waals surface area contributed by atoms with Crippen molar-refractivity contribution in [1.82, 2.24) is 4.98 Å². The number of oxazole rings is 1. The zero-order chi connectivity index (χ0) is 12.4. The largest absolute Gasteiger partial charge is 0.436 e. The van der Waals surface area contributed by atoms with E-state index in [1.165, 1.54) is 0 Å². The van der Waals surface area contributed by atoms with Crippen molar-refractivity contribution in [2.24, 2.45) is 5.11 Å². The Bertz CT molecular complexity index is 723. The lowest BCUT2D eigenvalue weighted by molar-refractivity contribution is 0.620. The molecule has 3 aromatic rings. The number of aromatic nitrogens is 1. The summed E-state index contributed by atoms with van der Waals surface area (Å²) in [5, 5.41) is 3.56. The quantitative estimate of drug-likeness (QED) is 0.374. The van der Waals surface area contributed by atoms with Crippen LogP contribution in [-0.2, 0) is 0 Å². The third-order valence-corrected chi connectivity index (χ3v) is 2.55. The fraction of sp³-hybridized carbons (Fsp3) is 0. The second kappa shape index (κ2) is 4.24. The molecule has 0 amide bonds. The van der Waals surface area contributed by atoms with E-state index in [0.29, 0.717) is 11.6 Å². The monoisotopic (exact) mass is 236 g/mol. The Balaban J connectivity index is 2.13. The number of nitrogens with zero attached hydrogens (tertiary/aromatic N) is 4. The lowest BCUT2D eigenvalue weighted by atomic mass is 10.2. The predicted octanol–water partition coefficient (Wildman–Crippen LogP) is 4.44. The van der Waals surface area contributed by atoms with E-state index < -0.39 is 0 Å². The zero-order valence-corrected chi connectivity index (χ0v) is 9.32. The molecule has 0 aliphatic rings. The number of benzene rings is 2. The van der Waals surface area contributed by atoms with Crippen molar-refractivity contribution >= 4 is 16.8 Å². The van der Waals surface area contributed by atoms with Crippen molar-refractivity contribution in [3.05, 3.63) is 59.0 Å². The molecule has 5 nitrogen and oxygen atoms in total. The third kappa shape index (κ3) is 1.79. The molecule has 3 rings (SSSR count). The van der Waals surface area contributed by atoms with Crippen molar-refractivity contribution in [1.29, 1.82) is 0 Å². The van der Waals surface area contributed by atoms with E-state index >= 15 is 0 Å². The van der Waals surface area contributed by atoms with Gasteiger partial charge < -0.3 is 4.42 Å².